The van der Waals surface area contributed by atoms with Gasteiger partial charge in [-0.15, -0.1) is 0 Å². The van der Waals surface area contributed by atoms with Gasteiger partial charge in [-0.05, 0) is 24.0 Å². The fraction of sp³-hybridized carbons (Fsp3) is 0.625. The molecule has 0 bridgehead atoms. The number of hydrogen-bond donors (Lipinski definition) is 2. The second-order valence-electron chi connectivity index (χ2n) is 3.82. The minimum absolute atomic E-state index is 0.265. The molecule has 2 rings (SSSR count). The Balaban J connectivity index is 1.93. The van der Waals surface area contributed by atoms with Gasteiger partial charge in [0, 0.05) is 18.1 Å². The van der Waals surface area contributed by atoms with E-state index in [4.69, 9.17) is 5.11 Å². The summed E-state index contributed by atoms with van der Waals surface area (Å²) in [5.74, 6) is -0.608. The van der Waals surface area contributed by atoms with E-state index in [0.717, 1.165) is 24.4 Å². The van der Waals surface area contributed by atoms with Gasteiger partial charge in [-0.1, -0.05) is 9.59 Å². The summed E-state index contributed by atoms with van der Waals surface area (Å²) in [6.07, 6.45) is 2.09. The van der Waals surface area contributed by atoms with E-state index in [1.807, 2.05) is 0 Å². The third kappa shape index (κ3) is 3.63. The van der Waals surface area contributed by atoms with Crippen LogP contribution in [0, 0.1) is 5.92 Å². The Morgan fingerprint density at radius 1 is 1.53 bits per heavy atom. The van der Waals surface area contributed by atoms with E-state index in [9.17, 15) is 9.59 Å². The Kier molecular flexibility index (Phi) is 3.47. The van der Waals surface area contributed by atoms with Gasteiger partial charge in [0.25, 0.3) is 0 Å². The predicted molar refractivity (Wildman–Crippen MR) is 58.7 cm³/mol. The number of aliphatic carboxylic acids is 1. The topological polar surface area (TPSA) is 108 Å². The molecule has 0 aliphatic heterocycles. The van der Waals surface area contributed by atoms with E-state index >= 15 is 0 Å². The summed E-state index contributed by atoms with van der Waals surface area (Å²) < 4.78 is 3.50. The van der Waals surface area contributed by atoms with Gasteiger partial charge >= 0.3 is 12.0 Å². The van der Waals surface area contributed by atoms with Crippen LogP contribution in [0.3, 0.4) is 0 Å². The van der Waals surface area contributed by atoms with Crippen LogP contribution in [0.4, 0.5) is 9.93 Å². The summed E-state index contributed by atoms with van der Waals surface area (Å²) in [5, 5.41) is 18.4. The third-order valence-electron chi connectivity index (χ3n) is 2.30. The molecular weight excluding hydrogens is 246 g/mol. The molecule has 8 nitrogen and oxygen atoms in total. The van der Waals surface area contributed by atoms with Crippen LogP contribution in [0.1, 0.15) is 12.8 Å². The van der Waals surface area contributed by atoms with E-state index in [2.05, 4.69) is 20.1 Å². The summed E-state index contributed by atoms with van der Waals surface area (Å²) in [5.41, 5.74) is 0. The lowest BCUT2D eigenvalue weighted by molar-refractivity contribution is -0.137. The van der Waals surface area contributed by atoms with Crippen LogP contribution in [-0.2, 0) is 4.79 Å². The Hall–Kier alpha value is -1.77. The molecule has 0 saturated heterocycles. The smallest absolute Gasteiger partial charge is 0.324 e. The Morgan fingerprint density at radius 3 is 2.82 bits per heavy atom. The summed E-state index contributed by atoms with van der Waals surface area (Å²) in [4.78, 5) is 23.7. The monoisotopic (exact) mass is 257 g/mol. The van der Waals surface area contributed by atoms with Gasteiger partial charge in [0.1, 0.15) is 6.54 Å². The lowest BCUT2D eigenvalue weighted by atomic mass is 10.4. The van der Waals surface area contributed by atoms with Crippen LogP contribution in [0.2, 0.25) is 0 Å². The Bertz CT molecular complexity index is 405. The molecule has 0 unspecified atom stereocenters. The first-order valence-corrected chi connectivity index (χ1v) is 5.85. The molecule has 92 valence electrons. The molecule has 1 aliphatic carbocycles. The number of nitrogens with one attached hydrogen (secondary N) is 1. The highest BCUT2D eigenvalue weighted by atomic mass is 32.1. The number of rotatable bonds is 5. The van der Waals surface area contributed by atoms with Gasteiger partial charge in [0.15, 0.2) is 0 Å². The molecule has 2 N–H and O–H groups in total. The Labute approximate surface area is 101 Å². The van der Waals surface area contributed by atoms with Crippen LogP contribution in [0.15, 0.2) is 0 Å². The van der Waals surface area contributed by atoms with Crippen LogP contribution in [0.5, 0.6) is 0 Å². The zero-order valence-corrected chi connectivity index (χ0v) is 9.68. The summed E-state index contributed by atoms with van der Waals surface area (Å²) in [6.45, 7) is 0.152. The molecule has 1 saturated carbocycles. The number of carboxylic acids is 1. The number of amides is 2. The van der Waals surface area contributed by atoms with Crippen molar-refractivity contribution in [2.45, 2.75) is 12.8 Å². The number of nitrogens with zero attached hydrogens (tertiary/aromatic N) is 4. The maximum atomic E-state index is 11.8. The van der Waals surface area contributed by atoms with Crippen molar-refractivity contribution < 1.29 is 14.7 Å². The predicted octanol–water partition coefficient (Wildman–Crippen LogP) is 0.262. The van der Waals surface area contributed by atoms with E-state index in [1.165, 1.54) is 4.90 Å². The molecule has 9 heteroatoms. The molecule has 17 heavy (non-hydrogen) atoms. The minimum atomic E-state index is -1.03. The van der Waals surface area contributed by atoms with E-state index < -0.39 is 12.0 Å². The second kappa shape index (κ2) is 5.04. The van der Waals surface area contributed by atoms with Gasteiger partial charge < -0.3 is 10.0 Å². The Morgan fingerprint density at radius 2 is 2.29 bits per heavy atom. The van der Waals surface area contributed by atoms with Crippen LogP contribution >= 0.6 is 11.5 Å². The van der Waals surface area contributed by atoms with Gasteiger partial charge in [-0.2, -0.15) is 0 Å². The first-order valence-electron chi connectivity index (χ1n) is 5.08. The van der Waals surface area contributed by atoms with Gasteiger partial charge in [0.05, 0.1) is 0 Å². The maximum Gasteiger partial charge on any atom is 0.324 e. The molecular formula is C8H11N5O3S. The highest BCUT2D eigenvalue weighted by Gasteiger charge is 2.28. The first-order chi connectivity index (χ1) is 8.15. The fourth-order valence-electron chi connectivity index (χ4n) is 1.35. The van der Waals surface area contributed by atoms with Gasteiger partial charge in [-0.3, -0.25) is 10.1 Å². The standard InChI is InChI=1S/C8H11N5O3S/c14-6(15)4-13(3-5-1-2-5)8(16)9-7-10-11-12-17-7/h5H,1-4H2,(H,14,15)(H,9,10,12,16). The average molecular weight is 257 g/mol. The maximum absolute atomic E-state index is 11.8. The van der Waals surface area contributed by atoms with E-state index in [0.29, 0.717) is 12.5 Å². The number of hydrogen-bond acceptors (Lipinski definition) is 6. The highest BCUT2D eigenvalue weighted by Crippen LogP contribution is 2.29. The quantitative estimate of drug-likeness (QED) is 0.783. The molecule has 1 heterocycles. The summed E-state index contributed by atoms with van der Waals surface area (Å²) in [7, 11) is 0. The number of carbonyl (C=O) groups is 2. The first kappa shape index (κ1) is 11.7. The van der Waals surface area contributed by atoms with Crippen molar-refractivity contribution in [2.75, 3.05) is 18.4 Å². The van der Waals surface area contributed by atoms with Gasteiger partial charge in [-0.25, -0.2) is 4.79 Å². The second-order valence-corrected chi connectivity index (χ2v) is 4.55. The van der Waals surface area contributed by atoms with Gasteiger partial charge in [0.2, 0.25) is 5.13 Å². The molecule has 1 aliphatic rings. The number of urea groups is 1. The zero-order chi connectivity index (χ0) is 12.3. The van der Waals surface area contributed by atoms with Crippen molar-refractivity contribution >= 4 is 28.7 Å². The van der Waals surface area contributed by atoms with Crippen molar-refractivity contribution in [1.82, 2.24) is 19.7 Å². The molecule has 1 aromatic rings. The molecule has 0 radical (unpaired) electrons. The number of carbonyl (C=O) groups excluding carboxylic acids is 1. The number of aromatic nitrogens is 3. The lowest BCUT2D eigenvalue weighted by Gasteiger charge is -2.19. The largest absolute Gasteiger partial charge is 0.480 e. The minimum Gasteiger partial charge on any atom is -0.480 e. The van der Waals surface area contributed by atoms with Crippen molar-refractivity contribution in [3.05, 3.63) is 0 Å². The molecule has 1 fully saturated rings. The SMILES string of the molecule is O=C(O)CN(CC1CC1)C(=O)Nc1nnns1. The zero-order valence-electron chi connectivity index (χ0n) is 8.87. The number of carboxylic acid groups (broad SMARTS) is 1. The highest BCUT2D eigenvalue weighted by molar-refractivity contribution is 7.09. The molecule has 0 atom stereocenters. The summed E-state index contributed by atoms with van der Waals surface area (Å²) in [6, 6.07) is -0.474. The average Bonchev–Trinajstić information content (AvgIpc) is 2.92. The lowest BCUT2D eigenvalue weighted by Crippen LogP contribution is -2.40. The van der Waals surface area contributed by atoms with Crippen molar-refractivity contribution in [3.8, 4) is 0 Å². The molecule has 0 aromatic carbocycles. The summed E-state index contributed by atoms with van der Waals surface area (Å²) >= 11 is 0.944. The van der Waals surface area contributed by atoms with Crippen molar-refractivity contribution in [3.63, 3.8) is 0 Å². The molecule has 2 amide bonds. The van der Waals surface area contributed by atoms with E-state index in [-0.39, 0.29) is 11.7 Å². The van der Waals surface area contributed by atoms with Crippen LogP contribution in [0.25, 0.3) is 0 Å². The number of anilines is 1. The van der Waals surface area contributed by atoms with Crippen LogP contribution < -0.4 is 5.32 Å². The van der Waals surface area contributed by atoms with E-state index in [1.54, 1.807) is 0 Å². The molecule has 1 aromatic heterocycles. The van der Waals surface area contributed by atoms with Crippen molar-refractivity contribution in [2.24, 2.45) is 5.92 Å². The van der Waals surface area contributed by atoms with Crippen LogP contribution in [-0.4, -0.2) is 49.9 Å². The third-order valence-corrected chi connectivity index (χ3v) is 2.81. The normalized spacial score (nSPS) is 14.4. The van der Waals surface area contributed by atoms with Crippen molar-refractivity contribution in [1.29, 1.82) is 0 Å². The fourth-order valence-corrected chi connectivity index (χ4v) is 1.70. The molecule has 0 spiro atoms.